The molecule has 1 heterocycles. The molecule has 0 atom stereocenters. The van der Waals surface area contributed by atoms with Crippen molar-refractivity contribution in [3.05, 3.63) is 27.8 Å². The van der Waals surface area contributed by atoms with E-state index in [0.29, 0.717) is 12.2 Å². The van der Waals surface area contributed by atoms with Crippen molar-refractivity contribution in [1.29, 1.82) is 0 Å². The lowest BCUT2D eigenvalue weighted by Gasteiger charge is -2.29. The lowest BCUT2D eigenvalue weighted by Crippen LogP contribution is -2.36. The van der Waals surface area contributed by atoms with E-state index in [1.165, 1.54) is 13.2 Å². The van der Waals surface area contributed by atoms with E-state index in [1.807, 2.05) is 0 Å². The molecule has 1 aromatic rings. The first-order valence-electron chi connectivity index (χ1n) is 5.80. The van der Waals surface area contributed by atoms with E-state index in [4.69, 9.17) is 4.74 Å². The smallest absolute Gasteiger partial charge is 0.313 e. The fourth-order valence-electron chi connectivity index (χ4n) is 2.24. The molecule has 19 heavy (non-hydrogen) atoms. The summed E-state index contributed by atoms with van der Waals surface area (Å²) in [6, 6.07) is 3.08. The predicted molar refractivity (Wildman–Crippen MR) is 74.1 cm³/mol. The molecule has 0 spiro atoms. The van der Waals surface area contributed by atoms with E-state index >= 15 is 0 Å². The summed E-state index contributed by atoms with van der Waals surface area (Å²) in [5.74, 6) is 0.136. The second kappa shape index (κ2) is 5.56. The Morgan fingerprint density at radius 3 is 2.89 bits per heavy atom. The molecule has 0 saturated carbocycles. The summed E-state index contributed by atoms with van der Waals surface area (Å²) in [5, 5.41) is 11.2. The fraction of sp³-hybridized carbons (Fsp3) is 0.417. The number of nitro benzene ring substituents is 1. The standard InChI is InChI=1S/C12H13BrN2O4/c1-19-11-5-8-3-2-4-14(12(16)7-13)9(8)6-10(11)15(17)18/h5-6H,2-4,7H2,1H3. The van der Waals surface area contributed by atoms with Gasteiger partial charge in [0.1, 0.15) is 0 Å². The first-order valence-corrected chi connectivity index (χ1v) is 6.92. The number of hydrogen-bond acceptors (Lipinski definition) is 4. The summed E-state index contributed by atoms with van der Waals surface area (Å²) in [4.78, 5) is 24.0. The van der Waals surface area contributed by atoms with Crippen molar-refractivity contribution in [2.24, 2.45) is 0 Å². The van der Waals surface area contributed by atoms with E-state index in [9.17, 15) is 14.9 Å². The van der Waals surface area contributed by atoms with Crippen molar-refractivity contribution < 1.29 is 14.5 Å². The van der Waals surface area contributed by atoms with Crippen molar-refractivity contribution in [3.8, 4) is 5.75 Å². The topological polar surface area (TPSA) is 72.7 Å². The van der Waals surface area contributed by atoms with Gasteiger partial charge in [-0.05, 0) is 24.5 Å². The number of halogens is 1. The van der Waals surface area contributed by atoms with Crippen molar-refractivity contribution in [2.75, 3.05) is 23.9 Å². The normalized spacial score (nSPS) is 13.9. The second-order valence-electron chi connectivity index (χ2n) is 4.19. The number of rotatable bonds is 3. The van der Waals surface area contributed by atoms with Gasteiger partial charge in [0.2, 0.25) is 5.91 Å². The van der Waals surface area contributed by atoms with Gasteiger partial charge in [0.25, 0.3) is 0 Å². The van der Waals surface area contributed by atoms with Crippen LogP contribution in [0.2, 0.25) is 0 Å². The molecule has 1 aliphatic rings. The number of carbonyl (C=O) groups excluding carboxylic acids is 1. The van der Waals surface area contributed by atoms with Gasteiger partial charge in [-0.3, -0.25) is 14.9 Å². The van der Waals surface area contributed by atoms with Gasteiger partial charge in [-0.25, -0.2) is 0 Å². The fourth-order valence-corrected chi connectivity index (χ4v) is 2.54. The molecule has 0 saturated heterocycles. The van der Waals surface area contributed by atoms with E-state index in [-0.39, 0.29) is 22.7 Å². The van der Waals surface area contributed by atoms with Gasteiger partial charge < -0.3 is 9.64 Å². The van der Waals surface area contributed by atoms with Gasteiger partial charge in [0.15, 0.2) is 5.75 Å². The third kappa shape index (κ3) is 2.56. The lowest BCUT2D eigenvalue weighted by molar-refractivity contribution is -0.385. The summed E-state index contributed by atoms with van der Waals surface area (Å²) >= 11 is 3.13. The van der Waals surface area contributed by atoms with Gasteiger partial charge in [0.05, 0.1) is 23.1 Å². The Bertz CT molecular complexity index is 533. The molecule has 0 radical (unpaired) electrons. The number of hydrogen-bond donors (Lipinski definition) is 0. The number of aryl methyl sites for hydroxylation is 1. The van der Waals surface area contributed by atoms with Crippen LogP contribution in [-0.4, -0.2) is 29.8 Å². The summed E-state index contributed by atoms with van der Waals surface area (Å²) in [7, 11) is 1.40. The number of amides is 1. The lowest BCUT2D eigenvalue weighted by atomic mass is 10.0. The number of carbonyl (C=O) groups is 1. The van der Waals surface area contributed by atoms with Gasteiger partial charge in [-0.15, -0.1) is 0 Å². The van der Waals surface area contributed by atoms with Gasteiger partial charge in [-0.2, -0.15) is 0 Å². The van der Waals surface area contributed by atoms with Gasteiger partial charge in [0, 0.05) is 12.6 Å². The zero-order valence-electron chi connectivity index (χ0n) is 10.4. The van der Waals surface area contributed by atoms with Gasteiger partial charge in [-0.1, -0.05) is 15.9 Å². The second-order valence-corrected chi connectivity index (χ2v) is 4.75. The molecule has 1 aliphatic heterocycles. The average Bonchev–Trinajstić information content (AvgIpc) is 2.44. The predicted octanol–water partition coefficient (Wildman–Crippen LogP) is 2.28. The maximum absolute atomic E-state index is 11.8. The van der Waals surface area contributed by atoms with Crippen LogP contribution in [0.25, 0.3) is 0 Å². The largest absolute Gasteiger partial charge is 0.490 e. The maximum atomic E-state index is 11.8. The first kappa shape index (κ1) is 13.8. The van der Waals surface area contributed by atoms with Crippen LogP contribution in [-0.2, 0) is 11.2 Å². The van der Waals surface area contributed by atoms with Crippen molar-refractivity contribution in [3.63, 3.8) is 0 Å². The van der Waals surface area contributed by atoms with Crippen molar-refractivity contribution in [2.45, 2.75) is 12.8 Å². The van der Waals surface area contributed by atoms with E-state index in [2.05, 4.69) is 15.9 Å². The number of fused-ring (bicyclic) bond motifs is 1. The molecule has 0 fully saturated rings. The Labute approximate surface area is 118 Å². The van der Waals surface area contributed by atoms with Crippen LogP contribution in [0.15, 0.2) is 12.1 Å². The molecule has 1 aromatic carbocycles. The number of alkyl halides is 1. The van der Waals surface area contributed by atoms with E-state index in [0.717, 1.165) is 18.4 Å². The number of nitrogens with zero attached hydrogens (tertiary/aromatic N) is 2. The third-order valence-corrected chi connectivity index (χ3v) is 3.59. The van der Waals surface area contributed by atoms with E-state index < -0.39 is 4.92 Å². The quantitative estimate of drug-likeness (QED) is 0.484. The summed E-state index contributed by atoms with van der Waals surface area (Å²) in [6.07, 6.45) is 1.63. The highest BCUT2D eigenvalue weighted by atomic mass is 79.9. The molecule has 0 unspecified atom stereocenters. The third-order valence-electron chi connectivity index (χ3n) is 3.11. The number of anilines is 1. The highest BCUT2D eigenvalue weighted by Gasteiger charge is 2.27. The molecule has 0 aliphatic carbocycles. The van der Waals surface area contributed by atoms with E-state index in [1.54, 1.807) is 11.0 Å². The summed E-state index contributed by atoms with van der Waals surface area (Å²) < 4.78 is 5.04. The minimum Gasteiger partial charge on any atom is -0.490 e. The first-order chi connectivity index (χ1) is 9.08. The minimum atomic E-state index is -0.496. The number of ether oxygens (including phenoxy) is 1. The zero-order valence-corrected chi connectivity index (χ0v) is 12.0. The van der Waals surface area contributed by atoms with Gasteiger partial charge >= 0.3 is 5.69 Å². The summed E-state index contributed by atoms with van der Waals surface area (Å²) in [5.41, 5.74) is 1.40. The highest BCUT2D eigenvalue weighted by molar-refractivity contribution is 9.09. The summed E-state index contributed by atoms with van der Waals surface area (Å²) in [6.45, 7) is 0.584. The van der Waals surface area contributed by atoms with Crippen LogP contribution in [0.5, 0.6) is 5.75 Å². The SMILES string of the molecule is COc1cc2c(cc1[N+](=O)[O-])N(C(=O)CBr)CCC2. The van der Waals surface area contributed by atoms with Crippen molar-refractivity contribution in [1.82, 2.24) is 0 Å². The van der Waals surface area contributed by atoms with Crippen LogP contribution < -0.4 is 9.64 Å². The molecular weight excluding hydrogens is 316 g/mol. The molecule has 0 aromatic heterocycles. The Kier molecular flexibility index (Phi) is 4.04. The minimum absolute atomic E-state index is 0.0968. The average molecular weight is 329 g/mol. The maximum Gasteiger partial charge on any atom is 0.313 e. The van der Waals surface area contributed by atoms with Crippen molar-refractivity contribution >= 4 is 33.2 Å². The Hall–Kier alpha value is -1.63. The number of nitro groups is 1. The zero-order chi connectivity index (χ0) is 14.0. The van der Waals surface area contributed by atoms with Crippen LogP contribution >= 0.6 is 15.9 Å². The molecule has 6 nitrogen and oxygen atoms in total. The van der Waals surface area contributed by atoms with Crippen LogP contribution in [0.4, 0.5) is 11.4 Å². The Morgan fingerprint density at radius 2 is 2.32 bits per heavy atom. The van der Waals surface area contributed by atoms with Crippen LogP contribution in [0.1, 0.15) is 12.0 Å². The number of methoxy groups -OCH3 is 1. The Balaban J connectivity index is 2.54. The monoisotopic (exact) mass is 328 g/mol. The molecule has 102 valence electrons. The van der Waals surface area contributed by atoms with Crippen LogP contribution in [0, 0.1) is 10.1 Å². The highest BCUT2D eigenvalue weighted by Crippen LogP contribution is 2.37. The van der Waals surface area contributed by atoms with Crippen LogP contribution in [0.3, 0.4) is 0 Å². The molecule has 7 heteroatoms. The molecule has 0 bridgehead atoms. The Morgan fingerprint density at radius 1 is 1.58 bits per heavy atom. The molecule has 0 N–H and O–H groups in total. The number of benzene rings is 1. The molecule has 2 rings (SSSR count). The molecule has 1 amide bonds. The molecular formula is C12H13BrN2O4.